The zero-order valence-corrected chi connectivity index (χ0v) is 18.1. The van der Waals surface area contributed by atoms with Crippen LogP contribution in [0, 0.1) is 0 Å². The average molecular weight is 409 g/mol. The number of nitrogens with one attached hydrogen (secondary N) is 1. The highest BCUT2D eigenvalue weighted by Gasteiger charge is 2.17. The first-order valence-corrected chi connectivity index (χ1v) is 10.7. The molecular weight excluding hydrogens is 380 g/mol. The molecule has 0 unspecified atom stereocenters. The number of benzene rings is 4. The monoisotopic (exact) mass is 408 g/mol. The highest BCUT2D eigenvalue weighted by Crippen LogP contribution is 2.24. The molecule has 3 heteroatoms. The van der Waals surface area contributed by atoms with Crippen LogP contribution in [0.3, 0.4) is 0 Å². The summed E-state index contributed by atoms with van der Waals surface area (Å²) in [7, 11) is 4.12. The lowest BCUT2D eigenvalue weighted by atomic mass is 9.98. The second kappa shape index (κ2) is 9.59. The lowest BCUT2D eigenvalue weighted by molar-refractivity contribution is 0.0933. The third-order valence-electron chi connectivity index (χ3n) is 5.58. The maximum absolute atomic E-state index is 13.2. The van der Waals surface area contributed by atoms with Crippen LogP contribution in [0.15, 0.2) is 97.1 Å². The van der Waals surface area contributed by atoms with E-state index in [-0.39, 0.29) is 11.9 Å². The zero-order chi connectivity index (χ0) is 21.6. The number of carbonyl (C=O) groups is 1. The number of amides is 1. The van der Waals surface area contributed by atoms with E-state index in [0.29, 0.717) is 5.56 Å². The van der Waals surface area contributed by atoms with Gasteiger partial charge in [0.25, 0.3) is 5.91 Å². The van der Waals surface area contributed by atoms with Crippen molar-refractivity contribution in [2.75, 3.05) is 20.6 Å². The van der Waals surface area contributed by atoms with Gasteiger partial charge in [0.15, 0.2) is 0 Å². The zero-order valence-electron chi connectivity index (χ0n) is 18.1. The lowest BCUT2D eigenvalue weighted by Crippen LogP contribution is -2.31. The standard InChI is InChI=1S/C28H28N2O/c1-30(2)18-17-27(25-16-15-22-11-6-7-12-23(22)19-25)29-28(31)26-14-8-13-24(20-26)21-9-4-3-5-10-21/h3-16,19-20,27H,17-18H2,1-2H3,(H,29,31)/t27-/m0/s1. The van der Waals surface area contributed by atoms with Gasteiger partial charge in [-0.1, -0.05) is 78.9 Å². The molecule has 0 saturated carbocycles. The Morgan fingerprint density at radius 3 is 2.26 bits per heavy atom. The van der Waals surface area contributed by atoms with Crippen molar-refractivity contribution in [1.29, 1.82) is 0 Å². The van der Waals surface area contributed by atoms with Crippen LogP contribution in [0.1, 0.15) is 28.4 Å². The number of hydrogen-bond acceptors (Lipinski definition) is 2. The third-order valence-corrected chi connectivity index (χ3v) is 5.58. The van der Waals surface area contributed by atoms with Crippen molar-refractivity contribution in [3.63, 3.8) is 0 Å². The Bertz CT molecular complexity index is 1170. The molecule has 0 heterocycles. The van der Waals surface area contributed by atoms with E-state index >= 15 is 0 Å². The van der Waals surface area contributed by atoms with E-state index in [1.807, 2.05) is 48.5 Å². The van der Waals surface area contributed by atoms with Gasteiger partial charge >= 0.3 is 0 Å². The van der Waals surface area contributed by atoms with Gasteiger partial charge < -0.3 is 10.2 Å². The SMILES string of the molecule is CN(C)CC[C@H](NC(=O)c1cccc(-c2ccccc2)c1)c1ccc2ccccc2c1. The molecule has 4 aromatic rings. The molecule has 0 saturated heterocycles. The van der Waals surface area contributed by atoms with Crippen LogP contribution in [0.4, 0.5) is 0 Å². The number of nitrogens with zero attached hydrogens (tertiary/aromatic N) is 1. The summed E-state index contributed by atoms with van der Waals surface area (Å²) in [4.78, 5) is 15.3. The smallest absolute Gasteiger partial charge is 0.251 e. The molecule has 4 aromatic carbocycles. The van der Waals surface area contributed by atoms with Gasteiger partial charge in [-0.3, -0.25) is 4.79 Å². The van der Waals surface area contributed by atoms with Crippen molar-refractivity contribution in [2.24, 2.45) is 0 Å². The molecule has 1 amide bonds. The summed E-state index contributed by atoms with van der Waals surface area (Å²) in [5, 5.41) is 5.68. The third kappa shape index (κ3) is 5.19. The van der Waals surface area contributed by atoms with Crippen LogP contribution in [-0.2, 0) is 0 Å². The normalized spacial score (nSPS) is 12.1. The van der Waals surface area contributed by atoms with E-state index < -0.39 is 0 Å². The van der Waals surface area contributed by atoms with Crippen LogP contribution >= 0.6 is 0 Å². The largest absolute Gasteiger partial charge is 0.345 e. The summed E-state index contributed by atoms with van der Waals surface area (Å²) < 4.78 is 0. The van der Waals surface area contributed by atoms with Crippen LogP contribution in [0.5, 0.6) is 0 Å². The number of carbonyl (C=O) groups excluding carboxylic acids is 1. The molecule has 3 nitrogen and oxygen atoms in total. The van der Waals surface area contributed by atoms with Crippen LogP contribution in [0.25, 0.3) is 21.9 Å². The Balaban J connectivity index is 1.60. The van der Waals surface area contributed by atoms with E-state index in [1.165, 1.54) is 10.8 Å². The lowest BCUT2D eigenvalue weighted by Gasteiger charge is -2.22. The number of rotatable bonds is 7. The van der Waals surface area contributed by atoms with Crippen LogP contribution < -0.4 is 5.32 Å². The first-order chi connectivity index (χ1) is 15.1. The molecular formula is C28H28N2O. The van der Waals surface area contributed by atoms with Crippen LogP contribution in [-0.4, -0.2) is 31.4 Å². The molecule has 0 fully saturated rings. The van der Waals surface area contributed by atoms with E-state index in [0.717, 1.165) is 29.7 Å². The van der Waals surface area contributed by atoms with Gasteiger partial charge in [0.05, 0.1) is 6.04 Å². The Kier molecular flexibility index (Phi) is 6.44. The molecule has 0 aliphatic carbocycles. The minimum absolute atomic E-state index is 0.0466. The summed E-state index contributed by atoms with van der Waals surface area (Å²) >= 11 is 0. The summed E-state index contributed by atoms with van der Waals surface area (Å²) in [6.07, 6.45) is 0.843. The van der Waals surface area contributed by atoms with Gasteiger partial charge in [-0.2, -0.15) is 0 Å². The molecule has 156 valence electrons. The van der Waals surface area contributed by atoms with E-state index in [9.17, 15) is 4.79 Å². The highest BCUT2D eigenvalue weighted by molar-refractivity contribution is 5.95. The summed E-state index contributed by atoms with van der Waals surface area (Å²) in [6, 6.07) is 32.7. The fraction of sp³-hybridized carbons (Fsp3) is 0.179. The van der Waals surface area contributed by atoms with Crippen molar-refractivity contribution < 1.29 is 4.79 Å². The van der Waals surface area contributed by atoms with Gasteiger partial charge in [0.1, 0.15) is 0 Å². The van der Waals surface area contributed by atoms with Gasteiger partial charge in [0.2, 0.25) is 0 Å². The summed E-state index contributed by atoms with van der Waals surface area (Å²) in [5.74, 6) is -0.0466. The Morgan fingerprint density at radius 1 is 0.774 bits per heavy atom. The van der Waals surface area contributed by atoms with Gasteiger partial charge in [0, 0.05) is 5.56 Å². The second-order valence-electron chi connectivity index (χ2n) is 8.17. The number of fused-ring (bicyclic) bond motifs is 1. The fourth-order valence-electron chi connectivity index (χ4n) is 3.85. The topological polar surface area (TPSA) is 32.3 Å². The second-order valence-corrected chi connectivity index (χ2v) is 8.17. The van der Waals surface area contributed by atoms with Gasteiger partial charge in [-0.15, -0.1) is 0 Å². The predicted octanol–water partition coefficient (Wildman–Crippen LogP) is 5.93. The van der Waals surface area contributed by atoms with E-state index in [4.69, 9.17) is 0 Å². The minimum atomic E-state index is -0.0557. The molecule has 0 aliphatic heterocycles. The predicted molar refractivity (Wildman–Crippen MR) is 129 cm³/mol. The average Bonchev–Trinajstić information content (AvgIpc) is 2.82. The Labute approximate surface area is 184 Å². The maximum Gasteiger partial charge on any atom is 0.251 e. The van der Waals surface area contributed by atoms with Crippen molar-refractivity contribution in [3.05, 3.63) is 108 Å². The maximum atomic E-state index is 13.2. The van der Waals surface area contributed by atoms with Crippen LogP contribution in [0.2, 0.25) is 0 Å². The molecule has 1 atom stereocenters. The van der Waals surface area contributed by atoms with Crippen molar-refractivity contribution in [1.82, 2.24) is 10.2 Å². The summed E-state index contributed by atoms with van der Waals surface area (Å²) in [6.45, 7) is 0.891. The van der Waals surface area contributed by atoms with Gasteiger partial charge in [-0.05, 0) is 72.7 Å². The van der Waals surface area contributed by atoms with Crippen molar-refractivity contribution in [3.8, 4) is 11.1 Å². The first-order valence-electron chi connectivity index (χ1n) is 10.7. The Hall–Kier alpha value is -3.43. The molecule has 0 bridgehead atoms. The molecule has 1 N–H and O–H groups in total. The highest BCUT2D eigenvalue weighted by atomic mass is 16.1. The molecule has 0 aromatic heterocycles. The number of hydrogen-bond donors (Lipinski definition) is 1. The quantitative estimate of drug-likeness (QED) is 0.411. The van der Waals surface area contributed by atoms with Crippen molar-refractivity contribution >= 4 is 16.7 Å². The van der Waals surface area contributed by atoms with Crippen molar-refractivity contribution in [2.45, 2.75) is 12.5 Å². The fourth-order valence-corrected chi connectivity index (χ4v) is 3.85. The minimum Gasteiger partial charge on any atom is -0.345 e. The molecule has 4 rings (SSSR count). The molecule has 0 aliphatic rings. The Morgan fingerprint density at radius 2 is 1.48 bits per heavy atom. The van der Waals surface area contributed by atoms with E-state index in [1.54, 1.807) is 0 Å². The molecule has 31 heavy (non-hydrogen) atoms. The van der Waals surface area contributed by atoms with E-state index in [2.05, 4.69) is 72.8 Å². The van der Waals surface area contributed by atoms with Gasteiger partial charge in [-0.25, -0.2) is 0 Å². The first kappa shape index (κ1) is 20.8. The molecule has 0 radical (unpaired) electrons. The molecule has 0 spiro atoms. The summed E-state index contributed by atoms with van der Waals surface area (Å²) in [5.41, 5.74) is 3.96.